The Morgan fingerprint density at radius 3 is 2.83 bits per heavy atom. The lowest BCUT2D eigenvalue weighted by Crippen LogP contribution is -2.36. The van der Waals surface area contributed by atoms with Gasteiger partial charge in [-0.1, -0.05) is 6.92 Å². The van der Waals surface area contributed by atoms with Crippen molar-refractivity contribution >= 4 is 0 Å². The Morgan fingerprint density at radius 1 is 1.67 bits per heavy atom. The summed E-state index contributed by atoms with van der Waals surface area (Å²) in [5.41, 5.74) is 5.78. The Bertz CT molecular complexity index is 134. The second-order valence-corrected chi connectivity index (χ2v) is 3.89. The molecule has 1 rings (SSSR count). The molecule has 1 aliphatic rings. The Labute approximate surface area is 73.9 Å². The van der Waals surface area contributed by atoms with Crippen molar-refractivity contribution in [2.45, 2.75) is 19.8 Å². The van der Waals surface area contributed by atoms with Crippen molar-refractivity contribution in [3.8, 4) is 0 Å². The van der Waals surface area contributed by atoms with Gasteiger partial charge in [0, 0.05) is 13.2 Å². The smallest absolute Gasteiger partial charge is 0.0500 e. The molecule has 3 N–H and O–H groups in total. The summed E-state index contributed by atoms with van der Waals surface area (Å²) in [5.74, 6) is 0.537. The van der Waals surface area contributed by atoms with Gasteiger partial charge in [0.25, 0.3) is 0 Å². The minimum absolute atomic E-state index is 0.0747. The third-order valence-corrected chi connectivity index (χ3v) is 3.06. The highest BCUT2D eigenvalue weighted by Crippen LogP contribution is 2.35. The molecule has 1 aliphatic heterocycles. The number of ether oxygens (including phenoxy) is 1. The highest BCUT2D eigenvalue weighted by atomic mass is 16.5. The summed E-state index contributed by atoms with van der Waals surface area (Å²) in [6.07, 6.45) is 1.88. The third kappa shape index (κ3) is 1.97. The van der Waals surface area contributed by atoms with Crippen LogP contribution in [0.1, 0.15) is 19.8 Å². The summed E-state index contributed by atoms with van der Waals surface area (Å²) in [4.78, 5) is 0. The largest absolute Gasteiger partial charge is 0.396 e. The summed E-state index contributed by atoms with van der Waals surface area (Å²) in [6, 6.07) is 0. The van der Waals surface area contributed by atoms with Gasteiger partial charge in [-0.05, 0) is 30.7 Å². The van der Waals surface area contributed by atoms with E-state index < -0.39 is 0 Å². The van der Waals surface area contributed by atoms with E-state index in [9.17, 15) is 0 Å². The second kappa shape index (κ2) is 4.21. The predicted molar refractivity (Wildman–Crippen MR) is 47.8 cm³/mol. The van der Waals surface area contributed by atoms with Crippen LogP contribution < -0.4 is 5.73 Å². The number of aliphatic hydroxyl groups is 1. The van der Waals surface area contributed by atoms with E-state index in [-0.39, 0.29) is 12.0 Å². The highest BCUT2D eigenvalue weighted by molar-refractivity contribution is 4.85. The van der Waals surface area contributed by atoms with E-state index in [1.54, 1.807) is 0 Å². The van der Waals surface area contributed by atoms with E-state index in [1.807, 2.05) is 0 Å². The average molecular weight is 173 g/mol. The SMILES string of the molecule is CC(CN)(CCO)C1CCOC1. The van der Waals surface area contributed by atoms with E-state index in [2.05, 4.69) is 6.92 Å². The maximum absolute atomic E-state index is 8.90. The summed E-state index contributed by atoms with van der Waals surface area (Å²) in [5, 5.41) is 8.90. The lowest BCUT2D eigenvalue weighted by atomic mass is 9.74. The van der Waals surface area contributed by atoms with Gasteiger partial charge >= 0.3 is 0 Å². The van der Waals surface area contributed by atoms with Crippen LogP contribution in [-0.4, -0.2) is 31.5 Å². The third-order valence-electron chi connectivity index (χ3n) is 3.06. The molecule has 2 atom stereocenters. The van der Waals surface area contributed by atoms with Gasteiger partial charge in [-0.15, -0.1) is 0 Å². The van der Waals surface area contributed by atoms with Gasteiger partial charge in [-0.2, -0.15) is 0 Å². The van der Waals surface area contributed by atoms with Gasteiger partial charge in [0.1, 0.15) is 0 Å². The lowest BCUT2D eigenvalue weighted by Gasteiger charge is -2.32. The summed E-state index contributed by atoms with van der Waals surface area (Å²) in [6.45, 7) is 4.67. The molecule has 1 saturated heterocycles. The molecule has 72 valence electrons. The van der Waals surface area contributed by atoms with Crippen molar-refractivity contribution < 1.29 is 9.84 Å². The Hall–Kier alpha value is -0.120. The van der Waals surface area contributed by atoms with Gasteiger partial charge in [-0.3, -0.25) is 0 Å². The minimum Gasteiger partial charge on any atom is -0.396 e. The van der Waals surface area contributed by atoms with Crippen LogP contribution in [0.3, 0.4) is 0 Å². The van der Waals surface area contributed by atoms with Crippen LogP contribution in [0.25, 0.3) is 0 Å². The maximum Gasteiger partial charge on any atom is 0.0500 e. The van der Waals surface area contributed by atoms with Crippen LogP contribution in [0.15, 0.2) is 0 Å². The van der Waals surface area contributed by atoms with Crippen LogP contribution in [-0.2, 0) is 4.74 Å². The first-order chi connectivity index (χ1) is 5.73. The fourth-order valence-electron chi connectivity index (χ4n) is 1.81. The fraction of sp³-hybridized carbons (Fsp3) is 1.00. The van der Waals surface area contributed by atoms with Crippen molar-refractivity contribution in [1.29, 1.82) is 0 Å². The van der Waals surface area contributed by atoms with E-state index >= 15 is 0 Å². The molecule has 0 amide bonds. The Morgan fingerprint density at radius 2 is 2.42 bits per heavy atom. The average Bonchev–Trinajstić information content (AvgIpc) is 2.57. The molecule has 0 aromatic carbocycles. The predicted octanol–water partition coefficient (Wildman–Crippen LogP) is 0.370. The summed E-state index contributed by atoms with van der Waals surface area (Å²) in [7, 11) is 0. The molecule has 0 saturated carbocycles. The Balaban J connectivity index is 2.51. The molecule has 0 aromatic rings. The number of aliphatic hydroxyl groups excluding tert-OH is 1. The van der Waals surface area contributed by atoms with Gasteiger partial charge in [0.2, 0.25) is 0 Å². The van der Waals surface area contributed by atoms with Gasteiger partial charge < -0.3 is 15.6 Å². The molecular weight excluding hydrogens is 154 g/mol. The Kier molecular flexibility index (Phi) is 3.50. The topological polar surface area (TPSA) is 55.5 Å². The normalized spacial score (nSPS) is 28.8. The zero-order chi connectivity index (χ0) is 9.03. The van der Waals surface area contributed by atoms with E-state index in [0.29, 0.717) is 12.5 Å². The first-order valence-electron chi connectivity index (χ1n) is 4.61. The summed E-state index contributed by atoms with van der Waals surface area (Å²) < 4.78 is 5.31. The van der Waals surface area contributed by atoms with Crippen LogP contribution in [0.2, 0.25) is 0 Å². The minimum atomic E-state index is 0.0747. The first kappa shape index (κ1) is 9.96. The monoisotopic (exact) mass is 173 g/mol. The highest BCUT2D eigenvalue weighted by Gasteiger charge is 2.34. The lowest BCUT2D eigenvalue weighted by molar-refractivity contribution is 0.108. The molecule has 0 aromatic heterocycles. The molecule has 0 radical (unpaired) electrons. The number of nitrogens with two attached hydrogens (primary N) is 1. The van der Waals surface area contributed by atoms with Crippen molar-refractivity contribution in [3.05, 3.63) is 0 Å². The van der Waals surface area contributed by atoms with E-state index in [0.717, 1.165) is 26.1 Å². The molecule has 3 heteroatoms. The number of rotatable bonds is 4. The van der Waals surface area contributed by atoms with Crippen LogP contribution >= 0.6 is 0 Å². The quantitative estimate of drug-likeness (QED) is 0.646. The van der Waals surface area contributed by atoms with Crippen LogP contribution in [0, 0.1) is 11.3 Å². The number of hydrogen-bond acceptors (Lipinski definition) is 3. The maximum atomic E-state index is 8.90. The van der Waals surface area contributed by atoms with Crippen molar-refractivity contribution in [3.63, 3.8) is 0 Å². The van der Waals surface area contributed by atoms with Crippen molar-refractivity contribution in [2.75, 3.05) is 26.4 Å². The molecule has 0 aliphatic carbocycles. The molecule has 1 heterocycles. The molecule has 3 nitrogen and oxygen atoms in total. The molecule has 1 fully saturated rings. The van der Waals surface area contributed by atoms with Crippen molar-refractivity contribution in [1.82, 2.24) is 0 Å². The van der Waals surface area contributed by atoms with Crippen LogP contribution in [0.5, 0.6) is 0 Å². The first-order valence-corrected chi connectivity index (χ1v) is 4.61. The summed E-state index contributed by atoms with van der Waals surface area (Å²) >= 11 is 0. The van der Waals surface area contributed by atoms with Gasteiger partial charge in [0.05, 0.1) is 6.61 Å². The fourth-order valence-corrected chi connectivity index (χ4v) is 1.81. The second-order valence-electron chi connectivity index (χ2n) is 3.89. The van der Waals surface area contributed by atoms with Crippen molar-refractivity contribution in [2.24, 2.45) is 17.1 Å². The zero-order valence-electron chi connectivity index (χ0n) is 7.75. The van der Waals surface area contributed by atoms with E-state index in [1.165, 1.54) is 0 Å². The van der Waals surface area contributed by atoms with Gasteiger partial charge in [-0.25, -0.2) is 0 Å². The molecule has 0 spiro atoms. The zero-order valence-corrected chi connectivity index (χ0v) is 7.75. The van der Waals surface area contributed by atoms with Gasteiger partial charge in [0.15, 0.2) is 0 Å². The standard InChI is InChI=1S/C9H19NO2/c1-9(7-10,3-4-11)8-2-5-12-6-8/h8,11H,2-7,10H2,1H3. The molecular formula is C9H19NO2. The van der Waals surface area contributed by atoms with E-state index in [4.69, 9.17) is 15.6 Å². The molecule has 12 heavy (non-hydrogen) atoms. The molecule has 2 unspecified atom stereocenters. The number of hydrogen-bond donors (Lipinski definition) is 2. The molecule has 0 bridgehead atoms. The van der Waals surface area contributed by atoms with Crippen LogP contribution in [0.4, 0.5) is 0 Å².